The maximum Gasteiger partial charge on any atom is 0.315 e. The number of aliphatic carboxylic acids is 1. The van der Waals surface area contributed by atoms with Crippen LogP contribution in [0.2, 0.25) is 0 Å². The van der Waals surface area contributed by atoms with Crippen LogP contribution in [-0.2, 0) is 10.2 Å². The fourth-order valence-electron chi connectivity index (χ4n) is 2.43. The number of carboxylic acid groups (broad SMARTS) is 1. The first-order valence-electron chi connectivity index (χ1n) is 6.61. The van der Waals surface area contributed by atoms with Crippen molar-refractivity contribution >= 4 is 5.97 Å². The van der Waals surface area contributed by atoms with Gasteiger partial charge in [0.2, 0.25) is 0 Å². The Labute approximate surface area is 108 Å². The molecule has 3 heteroatoms. The third-order valence-corrected chi connectivity index (χ3v) is 3.87. The van der Waals surface area contributed by atoms with E-state index in [1.807, 2.05) is 37.3 Å². The SMILES string of the molecule is CCN(CC(C)(C(=O)O)c1ccccc1)C1CC1. The topological polar surface area (TPSA) is 40.5 Å². The standard InChI is InChI=1S/C15H21NO2/c1-3-16(13-9-10-13)11-15(2,14(17)18)12-7-5-4-6-8-12/h4-8,13H,3,9-11H2,1-2H3,(H,17,18). The molecule has 1 fully saturated rings. The minimum absolute atomic E-state index is 0.591. The van der Waals surface area contributed by atoms with Crippen LogP contribution in [0, 0.1) is 0 Å². The van der Waals surface area contributed by atoms with Crippen LogP contribution in [0.5, 0.6) is 0 Å². The van der Waals surface area contributed by atoms with E-state index in [1.54, 1.807) is 0 Å². The van der Waals surface area contributed by atoms with Crippen molar-refractivity contribution < 1.29 is 9.90 Å². The number of carboxylic acids is 1. The van der Waals surface area contributed by atoms with Gasteiger partial charge in [-0.2, -0.15) is 0 Å². The molecule has 1 unspecified atom stereocenters. The quantitative estimate of drug-likeness (QED) is 0.839. The van der Waals surface area contributed by atoms with E-state index in [2.05, 4.69) is 11.8 Å². The van der Waals surface area contributed by atoms with Crippen LogP contribution in [0.3, 0.4) is 0 Å². The molecule has 1 aliphatic rings. The lowest BCUT2D eigenvalue weighted by atomic mass is 9.82. The minimum atomic E-state index is -0.820. The summed E-state index contributed by atoms with van der Waals surface area (Å²) in [6.07, 6.45) is 2.41. The maximum absolute atomic E-state index is 11.7. The molecule has 0 radical (unpaired) electrons. The lowest BCUT2D eigenvalue weighted by Gasteiger charge is -2.32. The highest BCUT2D eigenvalue weighted by molar-refractivity contribution is 5.81. The highest BCUT2D eigenvalue weighted by Crippen LogP contribution is 2.32. The lowest BCUT2D eigenvalue weighted by molar-refractivity contribution is -0.144. The molecule has 1 N–H and O–H groups in total. The highest BCUT2D eigenvalue weighted by atomic mass is 16.4. The summed E-state index contributed by atoms with van der Waals surface area (Å²) < 4.78 is 0. The zero-order valence-corrected chi connectivity index (χ0v) is 11.1. The fraction of sp³-hybridized carbons (Fsp3) is 0.533. The molecule has 18 heavy (non-hydrogen) atoms. The molecule has 0 spiro atoms. The maximum atomic E-state index is 11.7. The smallest absolute Gasteiger partial charge is 0.315 e. The van der Waals surface area contributed by atoms with Crippen molar-refractivity contribution in [2.24, 2.45) is 0 Å². The van der Waals surface area contributed by atoms with E-state index in [9.17, 15) is 9.90 Å². The summed E-state index contributed by atoms with van der Waals surface area (Å²) in [5.41, 5.74) is 0.0662. The first-order chi connectivity index (χ1) is 8.58. The van der Waals surface area contributed by atoms with Crippen molar-refractivity contribution in [1.29, 1.82) is 0 Å². The molecule has 0 aromatic heterocycles. The van der Waals surface area contributed by atoms with E-state index in [0.29, 0.717) is 12.6 Å². The van der Waals surface area contributed by atoms with Crippen molar-refractivity contribution in [3.8, 4) is 0 Å². The monoisotopic (exact) mass is 247 g/mol. The Morgan fingerprint density at radius 3 is 2.44 bits per heavy atom. The molecule has 0 saturated heterocycles. The summed E-state index contributed by atoms with van der Waals surface area (Å²) in [6.45, 7) is 5.44. The van der Waals surface area contributed by atoms with Crippen LogP contribution in [0.15, 0.2) is 30.3 Å². The number of hydrogen-bond donors (Lipinski definition) is 1. The summed E-state index contributed by atoms with van der Waals surface area (Å²) in [4.78, 5) is 14.0. The van der Waals surface area contributed by atoms with E-state index < -0.39 is 11.4 Å². The average Bonchev–Trinajstić information content (AvgIpc) is 3.20. The second-order valence-corrected chi connectivity index (χ2v) is 5.30. The zero-order valence-electron chi connectivity index (χ0n) is 11.1. The predicted molar refractivity (Wildman–Crippen MR) is 71.7 cm³/mol. The van der Waals surface area contributed by atoms with E-state index in [-0.39, 0.29) is 0 Å². The van der Waals surface area contributed by atoms with Crippen molar-refractivity contribution in [1.82, 2.24) is 4.90 Å². The first kappa shape index (κ1) is 13.1. The third-order valence-electron chi connectivity index (χ3n) is 3.87. The number of likely N-dealkylation sites (N-methyl/N-ethyl adjacent to an activating group) is 1. The van der Waals surface area contributed by atoms with Gasteiger partial charge in [-0.15, -0.1) is 0 Å². The van der Waals surface area contributed by atoms with Crippen LogP contribution in [0.25, 0.3) is 0 Å². The van der Waals surface area contributed by atoms with Gasteiger partial charge < -0.3 is 5.11 Å². The Balaban J connectivity index is 2.23. The second kappa shape index (κ2) is 5.11. The van der Waals surface area contributed by atoms with Crippen molar-refractivity contribution in [2.75, 3.05) is 13.1 Å². The van der Waals surface area contributed by atoms with Gasteiger partial charge in [0.1, 0.15) is 5.41 Å². The number of carbonyl (C=O) groups is 1. The van der Waals surface area contributed by atoms with E-state index in [1.165, 1.54) is 12.8 Å². The van der Waals surface area contributed by atoms with Crippen molar-refractivity contribution in [2.45, 2.75) is 38.1 Å². The Bertz CT molecular complexity index is 414. The minimum Gasteiger partial charge on any atom is -0.481 e. The molecular weight excluding hydrogens is 226 g/mol. The van der Waals surface area contributed by atoms with Crippen LogP contribution in [0.4, 0.5) is 0 Å². The highest BCUT2D eigenvalue weighted by Gasteiger charge is 2.40. The molecule has 1 aromatic carbocycles. The summed E-state index contributed by atoms with van der Waals surface area (Å²) >= 11 is 0. The Morgan fingerprint density at radius 1 is 1.39 bits per heavy atom. The van der Waals surface area contributed by atoms with Gasteiger partial charge in [-0.25, -0.2) is 0 Å². The summed E-state index contributed by atoms with van der Waals surface area (Å²) in [5.74, 6) is -0.743. The van der Waals surface area contributed by atoms with Gasteiger partial charge in [-0.05, 0) is 31.9 Å². The lowest BCUT2D eigenvalue weighted by Crippen LogP contribution is -2.45. The molecule has 3 nitrogen and oxygen atoms in total. The van der Waals surface area contributed by atoms with Gasteiger partial charge in [-0.3, -0.25) is 9.69 Å². The molecule has 1 aliphatic carbocycles. The van der Waals surface area contributed by atoms with E-state index in [4.69, 9.17) is 0 Å². The molecule has 0 bridgehead atoms. The molecule has 98 valence electrons. The predicted octanol–water partition coefficient (Wildman–Crippen LogP) is 2.51. The van der Waals surface area contributed by atoms with Gasteiger partial charge in [0.05, 0.1) is 0 Å². The van der Waals surface area contributed by atoms with Gasteiger partial charge in [-0.1, -0.05) is 37.3 Å². The van der Waals surface area contributed by atoms with Gasteiger partial charge in [0, 0.05) is 12.6 Å². The largest absolute Gasteiger partial charge is 0.481 e. The average molecular weight is 247 g/mol. The first-order valence-corrected chi connectivity index (χ1v) is 6.61. The normalized spacial score (nSPS) is 18.6. The Morgan fingerprint density at radius 2 is 2.00 bits per heavy atom. The van der Waals surface area contributed by atoms with Gasteiger partial charge in [0.15, 0.2) is 0 Å². The molecule has 1 atom stereocenters. The second-order valence-electron chi connectivity index (χ2n) is 5.30. The van der Waals surface area contributed by atoms with Gasteiger partial charge in [0.25, 0.3) is 0 Å². The Hall–Kier alpha value is -1.35. The zero-order chi connectivity index (χ0) is 13.2. The van der Waals surface area contributed by atoms with E-state index in [0.717, 1.165) is 12.1 Å². The molecular formula is C15H21NO2. The summed E-state index contributed by atoms with van der Waals surface area (Å²) in [7, 11) is 0. The molecule has 2 rings (SSSR count). The molecule has 1 aromatic rings. The van der Waals surface area contributed by atoms with E-state index >= 15 is 0 Å². The van der Waals surface area contributed by atoms with Crippen molar-refractivity contribution in [3.05, 3.63) is 35.9 Å². The fourth-order valence-corrected chi connectivity index (χ4v) is 2.43. The van der Waals surface area contributed by atoms with Crippen molar-refractivity contribution in [3.63, 3.8) is 0 Å². The van der Waals surface area contributed by atoms with Crippen LogP contribution in [0.1, 0.15) is 32.3 Å². The third kappa shape index (κ3) is 2.56. The number of rotatable bonds is 6. The van der Waals surface area contributed by atoms with Gasteiger partial charge >= 0.3 is 5.97 Å². The summed E-state index contributed by atoms with van der Waals surface area (Å²) in [5, 5.41) is 9.61. The molecule has 1 saturated carbocycles. The number of benzene rings is 1. The number of nitrogens with zero attached hydrogens (tertiary/aromatic N) is 1. The Kier molecular flexibility index (Phi) is 3.71. The number of hydrogen-bond acceptors (Lipinski definition) is 2. The van der Waals surface area contributed by atoms with Crippen LogP contribution < -0.4 is 0 Å². The molecule has 0 amide bonds. The van der Waals surface area contributed by atoms with Crippen LogP contribution in [-0.4, -0.2) is 35.1 Å². The molecule has 0 aliphatic heterocycles. The molecule has 0 heterocycles. The summed E-state index contributed by atoms with van der Waals surface area (Å²) in [6, 6.07) is 10.2. The van der Waals surface area contributed by atoms with Crippen LogP contribution >= 0.6 is 0 Å².